The van der Waals surface area contributed by atoms with E-state index in [9.17, 15) is 0 Å². The molecule has 2 heterocycles. The van der Waals surface area contributed by atoms with Crippen molar-refractivity contribution in [2.75, 3.05) is 48.3 Å². The fourth-order valence-electron chi connectivity index (χ4n) is 2.25. The molecule has 3 N–H and O–H groups in total. The Hall–Kier alpha value is -2.22. The summed E-state index contributed by atoms with van der Waals surface area (Å²) < 4.78 is 0. The van der Waals surface area contributed by atoms with Gasteiger partial charge in [-0.2, -0.15) is 4.98 Å². The number of fused-ring (bicyclic) bond motifs is 1. The van der Waals surface area contributed by atoms with Crippen molar-refractivity contribution < 1.29 is 5.11 Å². The minimum Gasteiger partial charge on any atom is -0.395 e. The lowest BCUT2D eigenvalue weighted by Gasteiger charge is -2.20. The van der Waals surface area contributed by atoms with Crippen LogP contribution in [0.25, 0.3) is 11.0 Å². The van der Waals surface area contributed by atoms with Gasteiger partial charge < -0.3 is 20.6 Å². The zero-order valence-corrected chi connectivity index (χ0v) is 14.0. The van der Waals surface area contributed by atoms with Crippen molar-refractivity contribution in [1.82, 2.24) is 19.9 Å². The molecule has 2 aromatic rings. The van der Waals surface area contributed by atoms with Crippen molar-refractivity contribution in [3.05, 3.63) is 6.33 Å². The molecule has 0 amide bonds. The lowest BCUT2D eigenvalue weighted by molar-refractivity contribution is 0.311. The van der Waals surface area contributed by atoms with Crippen LogP contribution in [-0.2, 0) is 0 Å². The van der Waals surface area contributed by atoms with Crippen LogP contribution in [0.2, 0.25) is 0 Å². The Morgan fingerprint density at radius 2 is 1.70 bits per heavy atom. The lowest BCUT2D eigenvalue weighted by Crippen LogP contribution is -2.25. The minimum absolute atomic E-state index is 0.0282. The fraction of sp³-hybridized carbons (Fsp3) is 0.600. The number of aliphatic hydroxyl groups is 1. The molecule has 0 bridgehead atoms. The Morgan fingerprint density at radius 1 is 0.957 bits per heavy atom. The van der Waals surface area contributed by atoms with Gasteiger partial charge in [0.1, 0.15) is 17.4 Å². The third-order valence-corrected chi connectivity index (χ3v) is 3.46. The maximum atomic E-state index is 9.03. The molecule has 0 aliphatic carbocycles. The number of nitrogens with zero attached hydrogens (tertiary/aromatic N) is 5. The second-order valence-corrected chi connectivity index (χ2v) is 5.04. The Morgan fingerprint density at radius 3 is 2.35 bits per heavy atom. The van der Waals surface area contributed by atoms with E-state index >= 15 is 0 Å². The molecule has 2 rings (SSSR count). The van der Waals surface area contributed by atoms with Gasteiger partial charge in [0.05, 0.1) is 6.61 Å². The smallest absolute Gasteiger partial charge is 0.228 e. The number of hydrogen-bond acceptors (Lipinski definition) is 8. The third kappa shape index (κ3) is 3.95. The Bertz CT molecular complexity index is 630. The molecule has 0 fully saturated rings. The van der Waals surface area contributed by atoms with Crippen molar-refractivity contribution in [3.8, 4) is 0 Å². The average molecular weight is 319 g/mol. The fourth-order valence-corrected chi connectivity index (χ4v) is 2.25. The summed E-state index contributed by atoms with van der Waals surface area (Å²) in [5, 5.41) is 15.4. The van der Waals surface area contributed by atoms with Crippen molar-refractivity contribution in [2.45, 2.75) is 27.2 Å². The van der Waals surface area contributed by atoms with Crippen LogP contribution in [0.1, 0.15) is 27.2 Å². The molecule has 0 saturated heterocycles. The first kappa shape index (κ1) is 17.1. The summed E-state index contributed by atoms with van der Waals surface area (Å²) in [4.78, 5) is 19.9. The molecule has 8 nitrogen and oxygen atoms in total. The molecule has 0 atom stereocenters. The van der Waals surface area contributed by atoms with E-state index in [-0.39, 0.29) is 6.61 Å². The standard InChI is InChI=1S/C15H25N7O/c1-4-7-16-14-11-12(13(17-8-9-23)19-10-18-11)20-15(21-14)22(5-2)6-3/h10,23H,4-9H2,1-3H3,(H,16,20,21)(H,17,18,19). The van der Waals surface area contributed by atoms with Gasteiger partial charge in [-0.15, -0.1) is 0 Å². The molecular weight excluding hydrogens is 294 g/mol. The zero-order chi connectivity index (χ0) is 16.7. The van der Waals surface area contributed by atoms with Crippen LogP contribution in [0.3, 0.4) is 0 Å². The first-order valence-electron chi connectivity index (χ1n) is 8.11. The van der Waals surface area contributed by atoms with Crippen LogP contribution in [0, 0.1) is 0 Å². The third-order valence-electron chi connectivity index (χ3n) is 3.46. The first-order valence-corrected chi connectivity index (χ1v) is 8.11. The van der Waals surface area contributed by atoms with Gasteiger partial charge in [0.2, 0.25) is 5.95 Å². The van der Waals surface area contributed by atoms with E-state index in [1.165, 1.54) is 6.33 Å². The molecule has 126 valence electrons. The topological polar surface area (TPSA) is 99.1 Å². The Kier molecular flexibility index (Phi) is 6.28. The Balaban J connectivity index is 2.55. The largest absolute Gasteiger partial charge is 0.395 e. The highest BCUT2D eigenvalue weighted by molar-refractivity contribution is 5.93. The van der Waals surface area contributed by atoms with Crippen LogP contribution < -0.4 is 15.5 Å². The SMILES string of the molecule is CCCNc1nc(N(CC)CC)nc2c(NCCO)ncnc12. The second-order valence-electron chi connectivity index (χ2n) is 5.04. The van der Waals surface area contributed by atoms with E-state index < -0.39 is 0 Å². The molecule has 0 aliphatic heterocycles. The minimum atomic E-state index is 0.0282. The summed E-state index contributed by atoms with van der Waals surface area (Å²) >= 11 is 0. The highest BCUT2D eigenvalue weighted by Gasteiger charge is 2.15. The van der Waals surface area contributed by atoms with Crippen molar-refractivity contribution in [3.63, 3.8) is 0 Å². The van der Waals surface area contributed by atoms with E-state index in [0.29, 0.717) is 35.2 Å². The number of aliphatic hydroxyl groups excluding tert-OH is 1. The summed E-state index contributed by atoms with van der Waals surface area (Å²) in [5.74, 6) is 1.98. The second kappa shape index (κ2) is 8.42. The van der Waals surface area contributed by atoms with Crippen LogP contribution in [-0.4, -0.2) is 57.8 Å². The molecule has 0 unspecified atom stereocenters. The summed E-state index contributed by atoms with van der Waals surface area (Å²) in [6, 6.07) is 0. The Labute approximate surface area is 136 Å². The van der Waals surface area contributed by atoms with E-state index in [4.69, 9.17) is 5.11 Å². The summed E-state index contributed by atoms with van der Waals surface area (Å²) in [5.41, 5.74) is 1.35. The molecule has 2 aromatic heterocycles. The van der Waals surface area contributed by atoms with Gasteiger partial charge in [-0.1, -0.05) is 6.92 Å². The maximum absolute atomic E-state index is 9.03. The van der Waals surface area contributed by atoms with Gasteiger partial charge in [0, 0.05) is 26.2 Å². The van der Waals surface area contributed by atoms with Gasteiger partial charge in [-0.25, -0.2) is 15.0 Å². The predicted molar refractivity (Wildman–Crippen MR) is 93.0 cm³/mol. The zero-order valence-electron chi connectivity index (χ0n) is 14.0. The summed E-state index contributed by atoms with van der Waals surface area (Å²) in [6.07, 6.45) is 2.48. The van der Waals surface area contributed by atoms with Crippen LogP contribution >= 0.6 is 0 Å². The average Bonchev–Trinajstić information content (AvgIpc) is 2.59. The predicted octanol–water partition coefficient (Wildman–Crippen LogP) is 1.49. The molecule has 0 radical (unpaired) electrons. The van der Waals surface area contributed by atoms with Gasteiger partial charge >= 0.3 is 0 Å². The van der Waals surface area contributed by atoms with Crippen molar-refractivity contribution in [1.29, 1.82) is 0 Å². The van der Waals surface area contributed by atoms with Crippen molar-refractivity contribution >= 4 is 28.6 Å². The number of aromatic nitrogens is 4. The molecular formula is C15H25N7O. The van der Waals surface area contributed by atoms with E-state index in [1.807, 2.05) is 0 Å². The highest BCUT2D eigenvalue weighted by Crippen LogP contribution is 2.25. The molecule has 23 heavy (non-hydrogen) atoms. The van der Waals surface area contributed by atoms with E-state index in [1.54, 1.807) is 0 Å². The monoisotopic (exact) mass is 319 g/mol. The lowest BCUT2D eigenvalue weighted by atomic mass is 10.3. The van der Waals surface area contributed by atoms with Crippen molar-refractivity contribution in [2.24, 2.45) is 0 Å². The van der Waals surface area contributed by atoms with Crippen LogP contribution in [0.4, 0.5) is 17.6 Å². The first-order chi connectivity index (χ1) is 11.2. The summed E-state index contributed by atoms with van der Waals surface area (Å²) in [6.45, 7) is 9.14. The van der Waals surface area contributed by atoms with E-state index in [0.717, 1.165) is 26.1 Å². The molecule has 8 heteroatoms. The van der Waals surface area contributed by atoms with Gasteiger partial charge in [-0.05, 0) is 20.3 Å². The van der Waals surface area contributed by atoms with Crippen LogP contribution in [0.15, 0.2) is 6.33 Å². The summed E-state index contributed by atoms with van der Waals surface area (Å²) in [7, 11) is 0. The van der Waals surface area contributed by atoms with Gasteiger partial charge in [0.15, 0.2) is 11.6 Å². The molecule has 0 saturated carbocycles. The van der Waals surface area contributed by atoms with Gasteiger partial charge in [-0.3, -0.25) is 0 Å². The maximum Gasteiger partial charge on any atom is 0.228 e. The van der Waals surface area contributed by atoms with Crippen LogP contribution in [0.5, 0.6) is 0 Å². The normalized spacial score (nSPS) is 10.8. The highest BCUT2D eigenvalue weighted by atomic mass is 16.3. The quantitative estimate of drug-likeness (QED) is 0.639. The number of nitrogens with one attached hydrogen (secondary N) is 2. The molecule has 0 spiro atoms. The number of anilines is 3. The van der Waals surface area contributed by atoms with Gasteiger partial charge in [0.25, 0.3) is 0 Å². The number of rotatable bonds is 9. The number of hydrogen-bond donors (Lipinski definition) is 3. The molecule has 0 aliphatic rings. The molecule has 0 aromatic carbocycles. The van der Waals surface area contributed by atoms with E-state index in [2.05, 4.69) is 56.2 Å².